The molecule has 11 heteroatoms. The van der Waals surface area contributed by atoms with Gasteiger partial charge in [-0.2, -0.15) is 0 Å². The third-order valence-electron chi connectivity index (χ3n) is 5.08. The number of benzene rings is 1. The van der Waals surface area contributed by atoms with E-state index in [2.05, 4.69) is 4.99 Å². The number of nitrogens with two attached hydrogens (primary N) is 1. The number of aliphatic imine (C=N–C) groups is 1. The zero-order valence-corrected chi connectivity index (χ0v) is 19.5. The first-order chi connectivity index (χ1) is 15.4. The highest BCUT2D eigenvalue weighted by atomic mass is 32.2. The Morgan fingerprint density at radius 1 is 1.27 bits per heavy atom. The average molecular weight is 484 g/mol. The van der Waals surface area contributed by atoms with Crippen molar-refractivity contribution in [1.82, 2.24) is 5.01 Å². The van der Waals surface area contributed by atoms with Crippen LogP contribution >= 0.6 is 0 Å². The first-order valence-electron chi connectivity index (χ1n) is 10.5. The van der Waals surface area contributed by atoms with Gasteiger partial charge in [-0.3, -0.25) is 9.80 Å². The Morgan fingerprint density at radius 2 is 1.88 bits per heavy atom. The summed E-state index contributed by atoms with van der Waals surface area (Å²) in [6, 6.07) is 5.39. The summed E-state index contributed by atoms with van der Waals surface area (Å²) >= 11 is 0. The highest BCUT2D eigenvalue weighted by Crippen LogP contribution is 2.31. The van der Waals surface area contributed by atoms with Crippen LogP contribution in [0.2, 0.25) is 0 Å². The highest BCUT2D eigenvalue weighted by Gasteiger charge is 2.36. The molecule has 1 aliphatic rings. The first kappa shape index (κ1) is 26.7. The number of rotatable bonds is 10. The molecule has 0 saturated heterocycles. The minimum absolute atomic E-state index is 0.192. The third kappa shape index (κ3) is 6.70. The fraction of sp³-hybridized carbons (Fsp3) is 0.455. The molecule has 182 valence electrons. The number of allylic oxidation sites excluding steroid dienone is 3. The second kappa shape index (κ2) is 11.0. The topological polar surface area (TPSA) is 154 Å². The van der Waals surface area contributed by atoms with E-state index in [0.717, 1.165) is 5.01 Å². The molecule has 0 bridgehead atoms. The number of halogens is 1. The van der Waals surface area contributed by atoms with Gasteiger partial charge >= 0.3 is 5.97 Å². The van der Waals surface area contributed by atoms with Crippen LogP contribution < -0.4 is 5.84 Å². The number of aliphatic hydroxyl groups excluding tert-OH is 2. The number of carboxylic acids is 1. The second-order valence-electron chi connectivity index (χ2n) is 8.04. The fourth-order valence-electron chi connectivity index (χ4n) is 3.48. The van der Waals surface area contributed by atoms with Crippen LogP contribution in [0.3, 0.4) is 0 Å². The minimum Gasteiger partial charge on any atom is -0.481 e. The Bertz CT molecular complexity index is 1050. The Labute approximate surface area is 192 Å². The van der Waals surface area contributed by atoms with E-state index in [1.807, 2.05) is 13.8 Å². The smallest absolute Gasteiger partial charge is 0.305 e. The molecule has 1 heterocycles. The fourth-order valence-corrected chi connectivity index (χ4v) is 4.51. The lowest BCUT2D eigenvalue weighted by molar-refractivity contribution is -0.139. The van der Waals surface area contributed by atoms with Crippen LogP contribution in [0.1, 0.15) is 39.2 Å². The summed E-state index contributed by atoms with van der Waals surface area (Å²) < 4.78 is 38.9. The van der Waals surface area contributed by atoms with Crippen molar-refractivity contribution in [2.75, 3.05) is 5.75 Å². The summed E-state index contributed by atoms with van der Waals surface area (Å²) in [5.41, 5.74) is 0.213. The predicted molar refractivity (Wildman–Crippen MR) is 122 cm³/mol. The molecule has 9 nitrogen and oxygen atoms in total. The lowest BCUT2D eigenvalue weighted by Crippen LogP contribution is -2.49. The van der Waals surface area contributed by atoms with E-state index < -0.39 is 45.8 Å². The van der Waals surface area contributed by atoms with Crippen molar-refractivity contribution in [3.63, 3.8) is 0 Å². The SMILES string of the molecule is CCS(=O)(=O)C1N=C(c2ccc(F)cc2)C(/C=C/[C@@H](O)C[C@@H](O)CC(=O)O)=C(C(C)C)N1N. The molecular weight excluding hydrogens is 453 g/mol. The van der Waals surface area contributed by atoms with Crippen molar-refractivity contribution in [3.05, 3.63) is 59.1 Å². The third-order valence-corrected chi connectivity index (χ3v) is 6.86. The lowest BCUT2D eigenvalue weighted by atomic mass is 9.93. The quantitative estimate of drug-likeness (QED) is 0.366. The van der Waals surface area contributed by atoms with E-state index in [1.54, 1.807) is 0 Å². The molecule has 1 unspecified atom stereocenters. The first-order valence-corrected chi connectivity index (χ1v) is 12.2. The van der Waals surface area contributed by atoms with Gasteiger partial charge in [-0.25, -0.2) is 23.6 Å². The Morgan fingerprint density at radius 3 is 2.39 bits per heavy atom. The molecular formula is C22H30FN3O6S. The summed E-state index contributed by atoms with van der Waals surface area (Å²) in [6.45, 7) is 5.13. The van der Waals surface area contributed by atoms with Crippen LogP contribution in [0.4, 0.5) is 4.39 Å². The van der Waals surface area contributed by atoms with Gasteiger partial charge in [0.2, 0.25) is 5.50 Å². The summed E-state index contributed by atoms with van der Waals surface area (Å²) in [5, 5.41) is 29.9. The normalized spacial score (nSPS) is 19.2. The van der Waals surface area contributed by atoms with Crippen molar-refractivity contribution in [1.29, 1.82) is 0 Å². The van der Waals surface area contributed by atoms with Gasteiger partial charge in [0.05, 0.1) is 30.1 Å². The van der Waals surface area contributed by atoms with Crippen LogP contribution in [0.25, 0.3) is 0 Å². The summed E-state index contributed by atoms with van der Waals surface area (Å²) in [5.74, 6) is 4.11. The molecule has 0 amide bonds. The number of carboxylic acid groups (broad SMARTS) is 1. The van der Waals surface area contributed by atoms with Crippen molar-refractivity contribution in [3.8, 4) is 0 Å². The summed E-state index contributed by atoms with van der Waals surface area (Å²) in [4.78, 5) is 15.1. The largest absolute Gasteiger partial charge is 0.481 e. The van der Waals surface area contributed by atoms with E-state index in [1.165, 1.54) is 43.3 Å². The minimum atomic E-state index is -3.73. The van der Waals surface area contributed by atoms with Gasteiger partial charge < -0.3 is 15.3 Å². The summed E-state index contributed by atoms with van der Waals surface area (Å²) in [6.07, 6.45) is -0.301. The molecule has 5 N–H and O–H groups in total. The standard InChI is InChI=1S/C22H30FN3O6S/c1-4-33(31,32)22-25-20(14-5-7-15(23)8-6-14)18(21(13(2)3)26(22)24)10-9-16(27)11-17(28)12-19(29)30/h5-10,13,16-17,22,27-28H,4,11-12,24H2,1-3H3,(H,29,30)/b10-9+/t16-,17-,22?/m1/s1. The zero-order valence-electron chi connectivity index (χ0n) is 18.7. The molecule has 0 saturated carbocycles. The van der Waals surface area contributed by atoms with Gasteiger partial charge in [-0.05, 0) is 30.2 Å². The molecule has 0 spiro atoms. The van der Waals surface area contributed by atoms with Gasteiger partial charge in [0.15, 0.2) is 9.84 Å². The number of sulfone groups is 1. The van der Waals surface area contributed by atoms with Crippen LogP contribution in [0.5, 0.6) is 0 Å². The van der Waals surface area contributed by atoms with Crippen molar-refractivity contribution in [2.45, 2.75) is 51.3 Å². The number of hydrogen-bond acceptors (Lipinski definition) is 8. The number of aliphatic carboxylic acids is 1. The van der Waals surface area contributed by atoms with Gasteiger partial charge in [0.1, 0.15) is 5.82 Å². The summed E-state index contributed by atoms with van der Waals surface area (Å²) in [7, 11) is -3.73. The Hall–Kier alpha value is -2.60. The van der Waals surface area contributed by atoms with E-state index >= 15 is 0 Å². The Kier molecular flexibility index (Phi) is 8.89. The van der Waals surface area contributed by atoms with E-state index in [9.17, 15) is 27.8 Å². The number of hydrazine groups is 1. The van der Waals surface area contributed by atoms with Crippen molar-refractivity contribution >= 4 is 21.5 Å². The van der Waals surface area contributed by atoms with E-state index in [0.29, 0.717) is 16.8 Å². The van der Waals surface area contributed by atoms with Crippen molar-refractivity contribution < 1.29 is 32.9 Å². The van der Waals surface area contributed by atoms with Gasteiger partial charge in [0.25, 0.3) is 0 Å². The van der Waals surface area contributed by atoms with Crippen LogP contribution in [-0.4, -0.2) is 63.9 Å². The van der Waals surface area contributed by atoms with Gasteiger partial charge in [0, 0.05) is 23.3 Å². The number of aliphatic hydroxyl groups is 2. The monoisotopic (exact) mass is 483 g/mol. The van der Waals surface area contributed by atoms with E-state index in [4.69, 9.17) is 10.9 Å². The molecule has 33 heavy (non-hydrogen) atoms. The van der Waals surface area contributed by atoms with Crippen LogP contribution in [0, 0.1) is 11.7 Å². The molecule has 2 rings (SSSR count). The molecule has 0 aromatic heterocycles. The maximum absolute atomic E-state index is 13.5. The predicted octanol–water partition coefficient (Wildman–Crippen LogP) is 1.58. The molecule has 1 aromatic rings. The average Bonchev–Trinajstić information content (AvgIpc) is 2.71. The van der Waals surface area contributed by atoms with Crippen LogP contribution in [-0.2, 0) is 14.6 Å². The van der Waals surface area contributed by atoms with Gasteiger partial charge in [-0.15, -0.1) is 0 Å². The Balaban J connectivity index is 2.57. The number of hydrogen-bond donors (Lipinski definition) is 4. The zero-order chi connectivity index (χ0) is 24.9. The molecule has 0 radical (unpaired) electrons. The number of nitrogens with zero attached hydrogens (tertiary/aromatic N) is 2. The maximum atomic E-state index is 13.5. The molecule has 1 aromatic carbocycles. The van der Waals surface area contributed by atoms with Gasteiger partial charge in [-0.1, -0.05) is 32.9 Å². The molecule has 3 atom stereocenters. The second-order valence-corrected chi connectivity index (χ2v) is 10.4. The lowest BCUT2D eigenvalue weighted by Gasteiger charge is -2.36. The van der Waals surface area contributed by atoms with Crippen LogP contribution in [0.15, 0.2) is 52.7 Å². The maximum Gasteiger partial charge on any atom is 0.305 e. The molecule has 0 aliphatic carbocycles. The van der Waals surface area contributed by atoms with E-state index in [-0.39, 0.29) is 23.8 Å². The highest BCUT2D eigenvalue weighted by molar-refractivity contribution is 7.91. The molecule has 0 fully saturated rings. The van der Waals surface area contributed by atoms with Crippen molar-refractivity contribution in [2.24, 2.45) is 16.8 Å². The molecule has 1 aliphatic heterocycles. The number of carbonyl (C=O) groups is 1.